The molecule has 1 aliphatic heterocycles. The van der Waals surface area contributed by atoms with Crippen LogP contribution < -0.4 is 10.2 Å². The molecule has 22 heavy (non-hydrogen) atoms. The maximum atomic E-state index is 12.7. The molecule has 1 N–H and O–H groups in total. The molecule has 2 unspecified atom stereocenters. The van der Waals surface area contributed by atoms with Crippen molar-refractivity contribution in [1.82, 2.24) is 10.2 Å². The van der Waals surface area contributed by atoms with Crippen LogP contribution in [0.1, 0.15) is 44.0 Å². The molecule has 1 amide bonds. The van der Waals surface area contributed by atoms with Gasteiger partial charge in [0.25, 0.3) is 5.91 Å². The Labute approximate surface area is 134 Å². The Morgan fingerprint density at radius 2 is 2.00 bits per heavy atom. The number of hydrogen-bond donors (Lipinski definition) is 1. The lowest BCUT2D eigenvalue weighted by Crippen LogP contribution is -2.57. The van der Waals surface area contributed by atoms with Crippen LogP contribution in [-0.4, -0.2) is 49.6 Å². The van der Waals surface area contributed by atoms with Crippen LogP contribution in [-0.2, 0) is 0 Å². The standard InChI is InChI=1S/C18H29N3O/c1-5-6-12-20(4)17-9-7-16(8-10-17)18(22)21-13-11-19-14(2)15(21)3/h7-10,14-15,19H,5-6,11-13H2,1-4H3. The summed E-state index contributed by atoms with van der Waals surface area (Å²) in [5, 5.41) is 3.41. The molecule has 1 fully saturated rings. The smallest absolute Gasteiger partial charge is 0.254 e. The first-order chi connectivity index (χ1) is 10.5. The van der Waals surface area contributed by atoms with Crippen molar-refractivity contribution in [2.75, 3.05) is 31.6 Å². The number of nitrogens with one attached hydrogen (secondary N) is 1. The molecule has 1 saturated heterocycles. The van der Waals surface area contributed by atoms with Gasteiger partial charge in [-0.15, -0.1) is 0 Å². The predicted octanol–water partition coefficient (Wildman–Crippen LogP) is 2.75. The molecule has 1 heterocycles. The van der Waals surface area contributed by atoms with Crippen LogP contribution >= 0.6 is 0 Å². The summed E-state index contributed by atoms with van der Waals surface area (Å²) in [6.45, 7) is 9.15. The number of nitrogens with zero attached hydrogens (tertiary/aromatic N) is 2. The van der Waals surface area contributed by atoms with Crippen molar-refractivity contribution in [3.8, 4) is 0 Å². The Morgan fingerprint density at radius 3 is 2.64 bits per heavy atom. The minimum absolute atomic E-state index is 0.142. The van der Waals surface area contributed by atoms with E-state index in [0.717, 1.165) is 25.2 Å². The van der Waals surface area contributed by atoms with Gasteiger partial charge >= 0.3 is 0 Å². The number of anilines is 1. The van der Waals surface area contributed by atoms with Gasteiger partial charge in [-0.1, -0.05) is 13.3 Å². The van der Waals surface area contributed by atoms with Gasteiger partial charge in [0.2, 0.25) is 0 Å². The average Bonchev–Trinajstić information content (AvgIpc) is 2.54. The Balaban J connectivity index is 2.04. The van der Waals surface area contributed by atoms with E-state index in [2.05, 4.69) is 50.2 Å². The van der Waals surface area contributed by atoms with Crippen molar-refractivity contribution in [2.45, 2.75) is 45.7 Å². The second-order valence-corrected chi connectivity index (χ2v) is 6.30. The quantitative estimate of drug-likeness (QED) is 0.908. The van der Waals surface area contributed by atoms with E-state index in [9.17, 15) is 4.79 Å². The summed E-state index contributed by atoms with van der Waals surface area (Å²) >= 11 is 0. The Morgan fingerprint density at radius 1 is 1.32 bits per heavy atom. The van der Waals surface area contributed by atoms with E-state index in [1.807, 2.05) is 17.0 Å². The summed E-state index contributed by atoms with van der Waals surface area (Å²) in [6.07, 6.45) is 2.38. The lowest BCUT2D eigenvalue weighted by Gasteiger charge is -2.38. The zero-order valence-electron chi connectivity index (χ0n) is 14.3. The molecule has 0 aliphatic carbocycles. The minimum atomic E-state index is 0.142. The third kappa shape index (κ3) is 3.80. The fraction of sp³-hybridized carbons (Fsp3) is 0.611. The van der Waals surface area contributed by atoms with E-state index < -0.39 is 0 Å². The zero-order chi connectivity index (χ0) is 16.1. The number of amides is 1. The molecule has 0 aromatic heterocycles. The maximum absolute atomic E-state index is 12.7. The van der Waals surface area contributed by atoms with Crippen LogP contribution in [0.15, 0.2) is 24.3 Å². The van der Waals surface area contributed by atoms with Gasteiger partial charge in [-0.2, -0.15) is 0 Å². The van der Waals surface area contributed by atoms with Gasteiger partial charge in [0.1, 0.15) is 0 Å². The predicted molar refractivity (Wildman–Crippen MR) is 92.6 cm³/mol. The van der Waals surface area contributed by atoms with Crippen LogP contribution in [0, 0.1) is 0 Å². The molecule has 0 spiro atoms. The molecule has 2 rings (SSSR count). The Hall–Kier alpha value is -1.55. The maximum Gasteiger partial charge on any atom is 0.254 e. The van der Waals surface area contributed by atoms with Crippen molar-refractivity contribution in [1.29, 1.82) is 0 Å². The molecule has 0 radical (unpaired) electrons. The van der Waals surface area contributed by atoms with Crippen molar-refractivity contribution in [3.63, 3.8) is 0 Å². The average molecular weight is 303 g/mol. The lowest BCUT2D eigenvalue weighted by molar-refractivity contribution is 0.0603. The highest BCUT2D eigenvalue weighted by Gasteiger charge is 2.28. The molecule has 1 aliphatic rings. The summed E-state index contributed by atoms with van der Waals surface area (Å²) < 4.78 is 0. The molecule has 1 aromatic carbocycles. The molecule has 0 bridgehead atoms. The van der Waals surface area contributed by atoms with E-state index in [-0.39, 0.29) is 11.9 Å². The Kier molecular flexibility index (Phi) is 5.83. The van der Waals surface area contributed by atoms with E-state index in [4.69, 9.17) is 0 Å². The molecule has 0 saturated carbocycles. The van der Waals surface area contributed by atoms with Crippen LogP contribution in [0.5, 0.6) is 0 Å². The summed E-state index contributed by atoms with van der Waals surface area (Å²) in [7, 11) is 2.10. The van der Waals surface area contributed by atoms with Crippen LogP contribution in [0.25, 0.3) is 0 Å². The van der Waals surface area contributed by atoms with Gasteiger partial charge in [0.05, 0.1) is 0 Å². The fourth-order valence-electron chi connectivity index (χ4n) is 2.89. The van der Waals surface area contributed by atoms with Gasteiger partial charge in [-0.3, -0.25) is 4.79 Å². The van der Waals surface area contributed by atoms with Gasteiger partial charge in [-0.05, 0) is 44.5 Å². The minimum Gasteiger partial charge on any atom is -0.375 e. The molecule has 4 heteroatoms. The number of carbonyl (C=O) groups is 1. The van der Waals surface area contributed by atoms with Crippen LogP contribution in [0.3, 0.4) is 0 Å². The van der Waals surface area contributed by atoms with Crippen LogP contribution in [0.2, 0.25) is 0 Å². The topological polar surface area (TPSA) is 35.6 Å². The van der Waals surface area contributed by atoms with Crippen molar-refractivity contribution in [2.24, 2.45) is 0 Å². The molecular formula is C18H29N3O. The normalized spacial score (nSPS) is 21.7. The van der Waals surface area contributed by atoms with E-state index in [1.54, 1.807) is 0 Å². The molecule has 4 nitrogen and oxygen atoms in total. The highest BCUT2D eigenvalue weighted by molar-refractivity contribution is 5.94. The van der Waals surface area contributed by atoms with Gasteiger partial charge in [0.15, 0.2) is 0 Å². The number of hydrogen-bond acceptors (Lipinski definition) is 3. The zero-order valence-corrected chi connectivity index (χ0v) is 14.3. The monoisotopic (exact) mass is 303 g/mol. The number of piperazine rings is 1. The van der Waals surface area contributed by atoms with E-state index in [1.165, 1.54) is 18.5 Å². The first kappa shape index (κ1) is 16.8. The first-order valence-electron chi connectivity index (χ1n) is 8.40. The van der Waals surface area contributed by atoms with Crippen molar-refractivity contribution >= 4 is 11.6 Å². The molecule has 122 valence electrons. The SMILES string of the molecule is CCCCN(C)c1ccc(C(=O)N2CCNC(C)C2C)cc1. The number of carbonyl (C=O) groups excluding carboxylic acids is 1. The largest absolute Gasteiger partial charge is 0.375 e. The third-order valence-corrected chi connectivity index (χ3v) is 4.70. The third-order valence-electron chi connectivity index (χ3n) is 4.70. The summed E-state index contributed by atoms with van der Waals surface area (Å²) in [4.78, 5) is 16.9. The first-order valence-corrected chi connectivity index (χ1v) is 8.40. The van der Waals surface area contributed by atoms with Gasteiger partial charge in [-0.25, -0.2) is 0 Å². The molecule has 2 atom stereocenters. The highest BCUT2D eigenvalue weighted by atomic mass is 16.2. The second-order valence-electron chi connectivity index (χ2n) is 6.30. The Bertz CT molecular complexity index is 486. The number of rotatable bonds is 5. The number of unbranched alkanes of at least 4 members (excludes halogenated alkanes) is 1. The fourth-order valence-corrected chi connectivity index (χ4v) is 2.89. The number of benzene rings is 1. The lowest BCUT2D eigenvalue weighted by atomic mass is 10.1. The summed E-state index contributed by atoms with van der Waals surface area (Å²) in [5.41, 5.74) is 1.96. The van der Waals surface area contributed by atoms with E-state index >= 15 is 0 Å². The van der Waals surface area contributed by atoms with Crippen molar-refractivity contribution < 1.29 is 4.79 Å². The van der Waals surface area contributed by atoms with E-state index in [0.29, 0.717) is 6.04 Å². The van der Waals surface area contributed by atoms with Crippen LogP contribution in [0.4, 0.5) is 5.69 Å². The summed E-state index contributed by atoms with van der Waals surface area (Å²) in [6, 6.07) is 8.60. The van der Waals surface area contributed by atoms with Gasteiger partial charge < -0.3 is 15.1 Å². The second kappa shape index (κ2) is 7.63. The van der Waals surface area contributed by atoms with Gasteiger partial charge in [0, 0.05) is 50.0 Å². The molecular weight excluding hydrogens is 274 g/mol. The van der Waals surface area contributed by atoms with Crippen molar-refractivity contribution in [3.05, 3.63) is 29.8 Å². The highest BCUT2D eigenvalue weighted by Crippen LogP contribution is 2.18. The summed E-state index contributed by atoms with van der Waals surface area (Å²) in [5.74, 6) is 0.142. The molecule has 1 aromatic rings.